The van der Waals surface area contributed by atoms with E-state index in [0.717, 1.165) is 19.3 Å². The summed E-state index contributed by atoms with van der Waals surface area (Å²) in [5.41, 5.74) is 0.260. The summed E-state index contributed by atoms with van der Waals surface area (Å²) < 4.78 is 4.85. The molecule has 0 saturated heterocycles. The van der Waals surface area contributed by atoms with Crippen LogP contribution in [-0.2, 0) is 4.74 Å². The van der Waals surface area contributed by atoms with Gasteiger partial charge in [0.15, 0.2) is 0 Å². The van der Waals surface area contributed by atoms with Gasteiger partial charge in [-0.3, -0.25) is 10.1 Å². The Morgan fingerprint density at radius 3 is 2.82 bits per heavy atom. The standard InChI is InChI=1S/C15H20N2O5/c1-2-22-15(19)10-7-8-11(13(9-10)17(20)21)16-12-5-3-4-6-14(12)18/h7-9,12,14,16,18H,2-6H2,1H3/t12-,14-/m1/s1. The number of benzene rings is 1. The average molecular weight is 308 g/mol. The minimum Gasteiger partial charge on any atom is -0.462 e. The molecule has 1 saturated carbocycles. The summed E-state index contributed by atoms with van der Waals surface area (Å²) in [6, 6.07) is 3.98. The maximum absolute atomic E-state index is 11.7. The van der Waals surface area contributed by atoms with Gasteiger partial charge in [0.25, 0.3) is 5.69 Å². The van der Waals surface area contributed by atoms with Crippen LogP contribution in [0.1, 0.15) is 43.0 Å². The number of nitrogens with zero attached hydrogens (tertiary/aromatic N) is 1. The SMILES string of the molecule is CCOC(=O)c1ccc(N[C@@H]2CCCC[C@H]2O)c([N+](=O)[O-])c1. The largest absolute Gasteiger partial charge is 0.462 e. The van der Waals surface area contributed by atoms with E-state index in [1.54, 1.807) is 6.92 Å². The van der Waals surface area contributed by atoms with Crippen LogP contribution in [0.25, 0.3) is 0 Å². The first kappa shape index (κ1) is 16.2. The molecule has 1 aliphatic carbocycles. The molecule has 0 bridgehead atoms. The number of nitro benzene ring substituents is 1. The monoisotopic (exact) mass is 308 g/mol. The zero-order valence-corrected chi connectivity index (χ0v) is 12.4. The van der Waals surface area contributed by atoms with E-state index in [2.05, 4.69) is 5.32 Å². The average Bonchev–Trinajstić information content (AvgIpc) is 2.50. The van der Waals surface area contributed by atoms with Crippen molar-refractivity contribution in [3.8, 4) is 0 Å². The maximum atomic E-state index is 11.7. The Kier molecular flexibility index (Phi) is 5.32. The van der Waals surface area contributed by atoms with E-state index in [-0.39, 0.29) is 23.9 Å². The van der Waals surface area contributed by atoms with E-state index in [9.17, 15) is 20.0 Å². The third-order valence-corrected chi connectivity index (χ3v) is 3.78. The van der Waals surface area contributed by atoms with E-state index in [0.29, 0.717) is 12.1 Å². The Morgan fingerprint density at radius 1 is 1.45 bits per heavy atom. The molecule has 22 heavy (non-hydrogen) atoms. The second kappa shape index (κ2) is 7.22. The van der Waals surface area contributed by atoms with E-state index in [1.807, 2.05) is 0 Å². The molecule has 2 N–H and O–H groups in total. The topological polar surface area (TPSA) is 102 Å². The molecule has 7 heteroatoms. The summed E-state index contributed by atoms with van der Waals surface area (Å²) in [6.07, 6.45) is 2.87. The van der Waals surface area contributed by atoms with Crippen molar-refractivity contribution in [2.24, 2.45) is 0 Å². The van der Waals surface area contributed by atoms with Crippen LogP contribution in [-0.4, -0.2) is 34.8 Å². The molecule has 1 aromatic rings. The lowest BCUT2D eigenvalue weighted by Crippen LogP contribution is -2.36. The number of aliphatic hydroxyl groups excluding tert-OH is 1. The molecule has 0 heterocycles. The van der Waals surface area contributed by atoms with Gasteiger partial charge in [0.1, 0.15) is 5.69 Å². The first-order chi connectivity index (χ1) is 10.5. The van der Waals surface area contributed by atoms with Gasteiger partial charge in [-0.25, -0.2) is 4.79 Å². The quantitative estimate of drug-likeness (QED) is 0.492. The highest BCUT2D eigenvalue weighted by Crippen LogP contribution is 2.29. The lowest BCUT2D eigenvalue weighted by molar-refractivity contribution is -0.384. The molecule has 7 nitrogen and oxygen atoms in total. The van der Waals surface area contributed by atoms with Crippen molar-refractivity contribution in [3.05, 3.63) is 33.9 Å². The third kappa shape index (κ3) is 3.73. The van der Waals surface area contributed by atoms with E-state index >= 15 is 0 Å². The molecule has 2 atom stereocenters. The Hall–Kier alpha value is -2.15. The Morgan fingerprint density at radius 2 is 2.18 bits per heavy atom. The number of ether oxygens (including phenoxy) is 1. The molecule has 2 rings (SSSR count). The van der Waals surface area contributed by atoms with Crippen LogP contribution < -0.4 is 5.32 Å². The van der Waals surface area contributed by atoms with Crippen molar-refractivity contribution >= 4 is 17.3 Å². The van der Waals surface area contributed by atoms with Crippen LogP contribution in [0, 0.1) is 10.1 Å². The fraction of sp³-hybridized carbons (Fsp3) is 0.533. The molecule has 0 radical (unpaired) electrons. The van der Waals surface area contributed by atoms with Crippen LogP contribution in [0.3, 0.4) is 0 Å². The first-order valence-corrected chi connectivity index (χ1v) is 7.43. The van der Waals surface area contributed by atoms with Crippen molar-refractivity contribution in [3.63, 3.8) is 0 Å². The van der Waals surface area contributed by atoms with E-state index < -0.39 is 17.0 Å². The van der Waals surface area contributed by atoms with Crippen LogP contribution in [0.5, 0.6) is 0 Å². The smallest absolute Gasteiger partial charge is 0.338 e. The lowest BCUT2D eigenvalue weighted by Gasteiger charge is -2.29. The number of rotatable bonds is 5. The Bertz CT molecular complexity index is 561. The molecule has 0 aromatic heterocycles. The van der Waals surface area contributed by atoms with E-state index in [4.69, 9.17) is 4.74 Å². The summed E-state index contributed by atoms with van der Waals surface area (Å²) in [7, 11) is 0. The predicted octanol–water partition coefficient (Wildman–Crippen LogP) is 2.49. The first-order valence-electron chi connectivity index (χ1n) is 7.43. The summed E-state index contributed by atoms with van der Waals surface area (Å²) in [4.78, 5) is 22.4. The second-order valence-electron chi connectivity index (χ2n) is 5.31. The molecule has 1 fully saturated rings. The number of aliphatic hydroxyl groups is 1. The van der Waals surface area contributed by atoms with Crippen molar-refractivity contribution in [2.75, 3.05) is 11.9 Å². The molecule has 0 spiro atoms. The highest BCUT2D eigenvalue weighted by Gasteiger charge is 2.26. The van der Waals surface area contributed by atoms with Gasteiger partial charge >= 0.3 is 5.97 Å². The minimum atomic E-state index is -0.588. The highest BCUT2D eigenvalue weighted by molar-refractivity contribution is 5.91. The van der Waals surface area contributed by atoms with Gasteiger partial charge in [0.2, 0.25) is 0 Å². The predicted molar refractivity (Wildman–Crippen MR) is 80.9 cm³/mol. The molecule has 0 unspecified atom stereocenters. The number of nitrogens with one attached hydrogen (secondary N) is 1. The fourth-order valence-electron chi connectivity index (χ4n) is 2.63. The molecule has 1 aromatic carbocycles. The third-order valence-electron chi connectivity index (χ3n) is 3.78. The molecule has 0 aliphatic heterocycles. The van der Waals surface area contributed by atoms with Gasteiger partial charge in [-0.05, 0) is 31.9 Å². The molecule has 0 amide bonds. The van der Waals surface area contributed by atoms with Crippen LogP contribution in [0.2, 0.25) is 0 Å². The minimum absolute atomic E-state index is 0.142. The zero-order valence-electron chi connectivity index (χ0n) is 12.4. The van der Waals surface area contributed by atoms with Crippen LogP contribution in [0.15, 0.2) is 18.2 Å². The van der Waals surface area contributed by atoms with E-state index in [1.165, 1.54) is 18.2 Å². The van der Waals surface area contributed by atoms with Crippen LogP contribution in [0.4, 0.5) is 11.4 Å². The summed E-state index contributed by atoms with van der Waals surface area (Å²) >= 11 is 0. The van der Waals surface area contributed by atoms with Crippen molar-refractivity contribution in [1.82, 2.24) is 0 Å². The molecule has 1 aliphatic rings. The highest BCUT2D eigenvalue weighted by atomic mass is 16.6. The summed E-state index contributed by atoms with van der Waals surface area (Å²) in [5, 5.41) is 24.2. The van der Waals surface area contributed by atoms with Crippen molar-refractivity contribution in [1.29, 1.82) is 0 Å². The molecule has 120 valence electrons. The van der Waals surface area contributed by atoms with Gasteiger partial charge in [0, 0.05) is 6.07 Å². The number of esters is 1. The van der Waals surface area contributed by atoms with Gasteiger partial charge in [-0.1, -0.05) is 12.8 Å². The van der Waals surface area contributed by atoms with Gasteiger partial charge in [-0.15, -0.1) is 0 Å². The Labute approximate surface area is 128 Å². The lowest BCUT2D eigenvalue weighted by atomic mass is 9.92. The fourth-order valence-corrected chi connectivity index (χ4v) is 2.63. The number of nitro groups is 1. The van der Waals surface area contributed by atoms with Gasteiger partial charge < -0.3 is 15.2 Å². The number of hydrogen-bond donors (Lipinski definition) is 2. The van der Waals surface area contributed by atoms with Crippen LogP contribution >= 0.6 is 0 Å². The number of anilines is 1. The zero-order chi connectivity index (χ0) is 16.1. The van der Waals surface area contributed by atoms with Gasteiger partial charge in [0.05, 0.1) is 29.2 Å². The maximum Gasteiger partial charge on any atom is 0.338 e. The summed E-state index contributed by atoms with van der Waals surface area (Å²) in [6.45, 7) is 1.88. The second-order valence-corrected chi connectivity index (χ2v) is 5.31. The Balaban J connectivity index is 2.23. The van der Waals surface area contributed by atoms with Crippen molar-refractivity contribution in [2.45, 2.75) is 44.8 Å². The number of carbonyl (C=O) groups is 1. The normalized spacial score (nSPS) is 21.2. The summed E-state index contributed by atoms with van der Waals surface area (Å²) in [5.74, 6) is -0.588. The van der Waals surface area contributed by atoms with Gasteiger partial charge in [-0.2, -0.15) is 0 Å². The number of hydrogen-bond acceptors (Lipinski definition) is 6. The molecular weight excluding hydrogens is 288 g/mol. The molecular formula is C15H20N2O5. The number of carbonyl (C=O) groups excluding carboxylic acids is 1. The van der Waals surface area contributed by atoms with Crippen molar-refractivity contribution < 1.29 is 19.6 Å².